The van der Waals surface area contributed by atoms with Crippen LogP contribution in [0.25, 0.3) is 0 Å². The molecule has 3 heteroatoms. The molecular formula is C10H17NO2. The number of hydrogen-bond acceptors (Lipinski definition) is 2. The molecule has 2 amide bonds. The molecule has 1 rings (SSSR count). The second-order valence-corrected chi connectivity index (χ2v) is 3.86. The van der Waals surface area contributed by atoms with Gasteiger partial charge >= 0.3 is 0 Å². The van der Waals surface area contributed by atoms with Gasteiger partial charge in [-0.25, -0.2) is 0 Å². The first-order chi connectivity index (χ1) is 6.18. The number of carbonyl (C=O) groups excluding carboxylic acids is 2. The SMILES string of the molecule is CC1CCCC(=O)NC(=O)CCC1. The summed E-state index contributed by atoms with van der Waals surface area (Å²) in [6.07, 6.45) is 5.00. The zero-order chi connectivity index (χ0) is 9.68. The fraction of sp³-hybridized carbons (Fsp3) is 0.800. The molecule has 1 saturated heterocycles. The number of nitrogens with one attached hydrogen (secondary N) is 1. The first kappa shape index (κ1) is 10.2. The van der Waals surface area contributed by atoms with Crippen molar-refractivity contribution in [1.82, 2.24) is 5.32 Å². The van der Waals surface area contributed by atoms with E-state index in [-0.39, 0.29) is 11.8 Å². The van der Waals surface area contributed by atoms with Gasteiger partial charge in [-0.05, 0) is 18.8 Å². The van der Waals surface area contributed by atoms with Crippen molar-refractivity contribution >= 4 is 11.8 Å². The summed E-state index contributed by atoms with van der Waals surface area (Å²) in [5.74, 6) is 0.428. The fourth-order valence-electron chi connectivity index (χ4n) is 1.65. The monoisotopic (exact) mass is 183 g/mol. The Kier molecular flexibility index (Phi) is 3.93. The van der Waals surface area contributed by atoms with Crippen LogP contribution in [-0.4, -0.2) is 11.8 Å². The van der Waals surface area contributed by atoms with Crippen LogP contribution < -0.4 is 5.32 Å². The Hall–Kier alpha value is -0.860. The van der Waals surface area contributed by atoms with E-state index < -0.39 is 0 Å². The number of carbonyl (C=O) groups is 2. The Morgan fingerprint density at radius 2 is 1.54 bits per heavy atom. The fourth-order valence-corrected chi connectivity index (χ4v) is 1.65. The molecule has 0 spiro atoms. The van der Waals surface area contributed by atoms with E-state index in [1.54, 1.807) is 0 Å². The van der Waals surface area contributed by atoms with Crippen LogP contribution in [0.2, 0.25) is 0 Å². The Labute approximate surface area is 78.9 Å². The van der Waals surface area contributed by atoms with Crippen molar-refractivity contribution in [2.45, 2.75) is 45.4 Å². The predicted octanol–water partition coefficient (Wildman–Crippen LogP) is 1.62. The van der Waals surface area contributed by atoms with Crippen LogP contribution in [0.5, 0.6) is 0 Å². The third-order valence-corrected chi connectivity index (χ3v) is 2.48. The summed E-state index contributed by atoms with van der Waals surface area (Å²) >= 11 is 0. The normalized spacial score (nSPS) is 22.5. The second kappa shape index (κ2) is 5.00. The summed E-state index contributed by atoms with van der Waals surface area (Å²) in [7, 11) is 0. The molecule has 0 aromatic heterocycles. The van der Waals surface area contributed by atoms with Gasteiger partial charge in [-0.3, -0.25) is 14.9 Å². The molecule has 0 atom stereocenters. The van der Waals surface area contributed by atoms with Crippen molar-refractivity contribution in [3.8, 4) is 0 Å². The summed E-state index contributed by atoms with van der Waals surface area (Å²) < 4.78 is 0. The third kappa shape index (κ3) is 4.06. The molecule has 0 unspecified atom stereocenters. The van der Waals surface area contributed by atoms with E-state index in [1.807, 2.05) is 0 Å². The zero-order valence-corrected chi connectivity index (χ0v) is 8.14. The number of rotatable bonds is 0. The number of imide groups is 1. The van der Waals surface area contributed by atoms with Gasteiger partial charge in [-0.1, -0.05) is 19.8 Å². The highest BCUT2D eigenvalue weighted by Gasteiger charge is 2.12. The maximum atomic E-state index is 11.1. The maximum Gasteiger partial charge on any atom is 0.226 e. The van der Waals surface area contributed by atoms with Crippen LogP contribution in [0.4, 0.5) is 0 Å². The van der Waals surface area contributed by atoms with Gasteiger partial charge in [0.2, 0.25) is 11.8 Å². The van der Waals surface area contributed by atoms with Crippen molar-refractivity contribution in [2.24, 2.45) is 5.92 Å². The Bertz CT molecular complexity index is 181. The molecule has 1 aliphatic rings. The molecule has 0 radical (unpaired) electrons. The van der Waals surface area contributed by atoms with Gasteiger partial charge in [0, 0.05) is 12.8 Å². The molecule has 13 heavy (non-hydrogen) atoms. The lowest BCUT2D eigenvalue weighted by molar-refractivity contribution is -0.130. The van der Waals surface area contributed by atoms with Gasteiger partial charge in [0.05, 0.1) is 0 Å². The average Bonchev–Trinajstić information content (AvgIpc) is 2.03. The quantitative estimate of drug-likeness (QED) is 0.580. The van der Waals surface area contributed by atoms with Crippen LogP contribution in [0.1, 0.15) is 45.4 Å². The van der Waals surface area contributed by atoms with E-state index in [0.717, 1.165) is 25.7 Å². The van der Waals surface area contributed by atoms with Crippen LogP contribution in [0.15, 0.2) is 0 Å². The molecular weight excluding hydrogens is 166 g/mol. The minimum Gasteiger partial charge on any atom is -0.296 e. The summed E-state index contributed by atoms with van der Waals surface area (Å²) in [6.45, 7) is 2.18. The highest BCUT2D eigenvalue weighted by atomic mass is 16.2. The lowest BCUT2D eigenvalue weighted by Crippen LogP contribution is -2.30. The molecule has 0 aliphatic carbocycles. The van der Waals surface area contributed by atoms with Gasteiger partial charge in [0.15, 0.2) is 0 Å². The minimum absolute atomic E-state index is 0.112. The van der Waals surface area contributed by atoms with Crippen LogP contribution in [0.3, 0.4) is 0 Å². The largest absolute Gasteiger partial charge is 0.296 e. The highest BCUT2D eigenvalue weighted by Crippen LogP contribution is 2.16. The topological polar surface area (TPSA) is 46.2 Å². The minimum atomic E-state index is -0.112. The van der Waals surface area contributed by atoms with E-state index in [4.69, 9.17) is 0 Å². The molecule has 1 heterocycles. The predicted molar refractivity (Wildman–Crippen MR) is 50.0 cm³/mol. The van der Waals surface area contributed by atoms with E-state index >= 15 is 0 Å². The standard InChI is InChI=1S/C10H17NO2/c1-8-4-2-6-9(12)11-10(13)7-3-5-8/h8H,2-7H2,1H3,(H,11,12,13). The van der Waals surface area contributed by atoms with Gasteiger partial charge in [0.25, 0.3) is 0 Å². The van der Waals surface area contributed by atoms with Crippen LogP contribution >= 0.6 is 0 Å². The summed E-state index contributed by atoms with van der Waals surface area (Å²) in [6, 6.07) is 0. The maximum absolute atomic E-state index is 11.1. The molecule has 0 saturated carbocycles. The lowest BCUT2D eigenvalue weighted by Gasteiger charge is -2.13. The Morgan fingerprint density at radius 3 is 2.00 bits per heavy atom. The number of amides is 2. The summed E-state index contributed by atoms with van der Waals surface area (Å²) in [5, 5.41) is 2.39. The Balaban J connectivity index is 2.41. The van der Waals surface area contributed by atoms with E-state index in [2.05, 4.69) is 12.2 Å². The van der Waals surface area contributed by atoms with Crippen molar-refractivity contribution in [3.63, 3.8) is 0 Å². The van der Waals surface area contributed by atoms with Crippen LogP contribution in [-0.2, 0) is 9.59 Å². The molecule has 1 fully saturated rings. The van der Waals surface area contributed by atoms with Gasteiger partial charge in [0.1, 0.15) is 0 Å². The van der Waals surface area contributed by atoms with Crippen LogP contribution in [0, 0.1) is 5.92 Å². The average molecular weight is 183 g/mol. The lowest BCUT2D eigenvalue weighted by atomic mass is 9.97. The first-order valence-corrected chi connectivity index (χ1v) is 5.01. The van der Waals surface area contributed by atoms with Crippen molar-refractivity contribution < 1.29 is 9.59 Å². The second-order valence-electron chi connectivity index (χ2n) is 3.86. The molecule has 0 bridgehead atoms. The third-order valence-electron chi connectivity index (χ3n) is 2.48. The summed E-state index contributed by atoms with van der Waals surface area (Å²) in [4.78, 5) is 22.2. The molecule has 74 valence electrons. The van der Waals surface area contributed by atoms with E-state index in [9.17, 15) is 9.59 Å². The van der Waals surface area contributed by atoms with Crippen molar-refractivity contribution in [1.29, 1.82) is 0 Å². The molecule has 0 aromatic carbocycles. The molecule has 1 N–H and O–H groups in total. The highest BCUT2D eigenvalue weighted by molar-refractivity contribution is 5.95. The van der Waals surface area contributed by atoms with Gasteiger partial charge < -0.3 is 0 Å². The van der Waals surface area contributed by atoms with Gasteiger partial charge in [-0.2, -0.15) is 0 Å². The number of hydrogen-bond donors (Lipinski definition) is 1. The summed E-state index contributed by atoms with van der Waals surface area (Å²) in [5.41, 5.74) is 0. The smallest absolute Gasteiger partial charge is 0.226 e. The van der Waals surface area contributed by atoms with Crippen molar-refractivity contribution in [2.75, 3.05) is 0 Å². The molecule has 3 nitrogen and oxygen atoms in total. The van der Waals surface area contributed by atoms with Crippen molar-refractivity contribution in [3.05, 3.63) is 0 Å². The van der Waals surface area contributed by atoms with E-state index in [1.165, 1.54) is 0 Å². The van der Waals surface area contributed by atoms with E-state index in [0.29, 0.717) is 18.8 Å². The Morgan fingerprint density at radius 1 is 1.08 bits per heavy atom. The molecule has 0 aromatic rings. The molecule has 1 aliphatic heterocycles. The zero-order valence-electron chi connectivity index (χ0n) is 8.14. The van der Waals surface area contributed by atoms with Gasteiger partial charge in [-0.15, -0.1) is 0 Å². The first-order valence-electron chi connectivity index (χ1n) is 5.01.